The van der Waals surface area contributed by atoms with Gasteiger partial charge in [0, 0.05) is 12.4 Å². The second kappa shape index (κ2) is 6.12. The van der Waals surface area contributed by atoms with Gasteiger partial charge in [-0.15, -0.1) is 10.2 Å². The lowest BCUT2D eigenvalue weighted by atomic mass is 10.2. The molecule has 0 spiro atoms. The van der Waals surface area contributed by atoms with E-state index in [-0.39, 0.29) is 5.91 Å². The van der Waals surface area contributed by atoms with Crippen molar-refractivity contribution in [3.05, 3.63) is 78.4 Å². The molecule has 6 nitrogen and oxygen atoms in total. The first-order valence-electron chi connectivity index (χ1n) is 7.55. The van der Waals surface area contributed by atoms with Gasteiger partial charge in [-0.05, 0) is 36.4 Å². The number of aromatic nitrogens is 4. The highest BCUT2D eigenvalue weighted by Gasteiger charge is 2.17. The molecule has 1 N–H and O–H groups in total. The summed E-state index contributed by atoms with van der Waals surface area (Å²) in [5.41, 5.74) is 0.981. The van der Waals surface area contributed by atoms with Gasteiger partial charge in [-0.3, -0.25) is 9.20 Å². The number of rotatable bonds is 3. The monoisotopic (exact) mass is 333 g/mol. The van der Waals surface area contributed by atoms with Crippen molar-refractivity contribution in [1.29, 1.82) is 0 Å². The van der Waals surface area contributed by atoms with Crippen LogP contribution in [0.4, 0.5) is 10.2 Å². The summed E-state index contributed by atoms with van der Waals surface area (Å²) in [6, 6.07) is 14.8. The average Bonchev–Trinajstić information content (AvgIpc) is 3.07. The maximum Gasteiger partial charge on any atom is 0.260 e. The Morgan fingerprint density at radius 2 is 1.84 bits per heavy atom. The highest BCUT2D eigenvalue weighted by molar-refractivity contribution is 6.07. The highest BCUT2D eigenvalue weighted by Crippen LogP contribution is 2.22. The van der Waals surface area contributed by atoms with Crippen LogP contribution >= 0.6 is 0 Å². The van der Waals surface area contributed by atoms with Crippen molar-refractivity contribution >= 4 is 17.4 Å². The lowest BCUT2D eigenvalue weighted by molar-refractivity contribution is 0.102. The Kier molecular flexibility index (Phi) is 3.66. The molecule has 0 saturated carbocycles. The average molecular weight is 333 g/mol. The van der Waals surface area contributed by atoms with Crippen molar-refractivity contribution in [2.45, 2.75) is 0 Å². The first-order valence-corrected chi connectivity index (χ1v) is 7.55. The van der Waals surface area contributed by atoms with Crippen molar-refractivity contribution in [3.63, 3.8) is 0 Å². The molecule has 3 heterocycles. The van der Waals surface area contributed by atoms with Crippen LogP contribution in [0.2, 0.25) is 0 Å². The summed E-state index contributed by atoms with van der Waals surface area (Å²) in [6.45, 7) is 0. The number of anilines is 1. The predicted octanol–water partition coefficient (Wildman–Crippen LogP) is 3.18. The number of nitrogens with zero attached hydrogens (tertiary/aromatic N) is 4. The Morgan fingerprint density at radius 1 is 1.00 bits per heavy atom. The summed E-state index contributed by atoms with van der Waals surface area (Å²) in [7, 11) is 0. The molecule has 0 radical (unpaired) electrons. The van der Waals surface area contributed by atoms with Gasteiger partial charge in [-0.1, -0.05) is 18.2 Å². The fourth-order valence-corrected chi connectivity index (χ4v) is 2.54. The van der Waals surface area contributed by atoms with Crippen LogP contribution in [0.5, 0.6) is 0 Å². The zero-order valence-corrected chi connectivity index (χ0v) is 12.9. The Bertz CT molecular complexity index is 1060. The van der Waals surface area contributed by atoms with E-state index in [0.29, 0.717) is 28.4 Å². The normalized spacial score (nSPS) is 10.8. The Balaban J connectivity index is 1.77. The third kappa shape index (κ3) is 2.72. The molecule has 1 amide bonds. The first-order chi connectivity index (χ1) is 12.2. The van der Waals surface area contributed by atoms with E-state index >= 15 is 0 Å². The van der Waals surface area contributed by atoms with Crippen molar-refractivity contribution in [3.8, 4) is 11.4 Å². The molecule has 0 saturated heterocycles. The number of amides is 1. The number of pyridine rings is 2. The van der Waals surface area contributed by atoms with Gasteiger partial charge in [0.05, 0.1) is 11.1 Å². The van der Waals surface area contributed by atoms with E-state index in [1.165, 1.54) is 6.07 Å². The number of carbonyl (C=O) groups is 1. The number of benzene rings is 1. The van der Waals surface area contributed by atoms with Crippen LogP contribution in [0.3, 0.4) is 0 Å². The number of hydrogen-bond acceptors (Lipinski definition) is 4. The number of nitrogens with one attached hydrogen (secondary N) is 1. The molecule has 0 aliphatic carbocycles. The molecular formula is C18H12FN5O. The van der Waals surface area contributed by atoms with Crippen molar-refractivity contribution < 1.29 is 9.18 Å². The Hall–Kier alpha value is -3.61. The zero-order chi connectivity index (χ0) is 17.2. The summed E-state index contributed by atoms with van der Waals surface area (Å²) in [4.78, 5) is 16.6. The van der Waals surface area contributed by atoms with Gasteiger partial charge in [-0.25, -0.2) is 9.37 Å². The Labute approximate surface area is 142 Å². The summed E-state index contributed by atoms with van der Waals surface area (Å²) in [5.74, 6) is 0.000792. The van der Waals surface area contributed by atoms with Gasteiger partial charge in [-0.2, -0.15) is 0 Å². The largest absolute Gasteiger partial charge is 0.306 e. The van der Waals surface area contributed by atoms with E-state index in [9.17, 15) is 9.18 Å². The van der Waals surface area contributed by atoms with Gasteiger partial charge in [0.1, 0.15) is 11.6 Å². The second-order valence-corrected chi connectivity index (χ2v) is 5.29. The maximum absolute atomic E-state index is 14.1. The molecule has 1 aromatic carbocycles. The van der Waals surface area contributed by atoms with Crippen LogP contribution in [0.1, 0.15) is 10.4 Å². The van der Waals surface area contributed by atoms with E-state index in [4.69, 9.17) is 0 Å². The lowest BCUT2D eigenvalue weighted by Gasteiger charge is -2.06. The van der Waals surface area contributed by atoms with E-state index in [2.05, 4.69) is 20.5 Å². The zero-order valence-electron chi connectivity index (χ0n) is 12.9. The van der Waals surface area contributed by atoms with Crippen LogP contribution < -0.4 is 5.32 Å². The molecule has 0 bridgehead atoms. The Morgan fingerprint density at radius 3 is 2.64 bits per heavy atom. The number of hydrogen-bond donors (Lipinski definition) is 1. The molecule has 4 rings (SSSR count). The molecule has 0 atom stereocenters. The van der Waals surface area contributed by atoms with E-state index in [0.717, 1.165) is 0 Å². The minimum atomic E-state index is -0.403. The van der Waals surface area contributed by atoms with Gasteiger partial charge in [0.15, 0.2) is 11.5 Å². The molecule has 122 valence electrons. The first kappa shape index (κ1) is 14.9. The van der Waals surface area contributed by atoms with Gasteiger partial charge in [0.2, 0.25) is 0 Å². The summed E-state index contributed by atoms with van der Waals surface area (Å²) < 4.78 is 15.6. The molecule has 0 aliphatic heterocycles. The summed E-state index contributed by atoms with van der Waals surface area (Å²) >= 11 is 0. The third-order valence-electron chi connectivity index (χ3n) is 3.70. The standard InChI is InChI=1S/C18H12FN5O/c19-14-8-2-1-6-12(14)16-22-23-17-13(7-5-11-24(16)17)18(25)21-15-9-3-4-10-20-15/h1-11H,(H,20,21,25). The molecular weight excluding hydrogens is 321 g/mol. The van der Waals surface area contributed by atoms with Gasteiger partial charge >= 0.3 is 0 Å². The predicted molar refractivity (Wildman–Crippen MR) is 90.6 cm³/mol. The van der Waals surface area contributed by atoms with Crippen molar-refractivity contribution in [2.75, 3.05) is 5.32 Å². The molecule has 0 unspecified atom stereocenters. The third-order valence-corrected chi connectivity index (χ3v) is 3.70. The summed E-state index contributed by atoms with van der Waals surface area (Å²) in [5, 5.41) is 10.8. The van der Waals surface area contributed by atoms with Crippen LogP contribution in [0.15, 0.2) is 67.0 Å². The minimum Gasteiger partial charge on any atom is -0.306 e. The van der Waals surface area contributed by atoms with Crippen LogP contribution in [0, 0.1) is 5.82 Å². The van der Waals surface area contributed by atoms with E-state index < -0.39 is 5.82 Å². The minimum absolute atomic E-state index is 0.317. The topological polar surface area (TPSA) is 72.2 Å². The molecule has 4 aromatic rings. The molecule has 0 aliphatic rings. The van der Waals surface area contributed by atoms with Crippen molar-refractivity contribution in [2.24, 2.45) is 0 Å². The van der Waals surface area contributed by atoms with Gasteiger partial charge < -0.3 is 5.32 Å². The maximum atomic E-state index is 14.1. The number of halogens is 1. The van der Waals surface area contributed by atoms with Crippen LogP contribution in [-0.4, -0.2) is 25.5 Å². The molecule has 0 fully saturated rings. The smallest absolute Gasteiger partial charge is 0.260 e. The van der Waals surface area contributed by atoms with E-state index in [1.807, 2.05) is 0 Å². The van der Waals surface area contributed by atoms with E-state index in [1.54, 1.807) is 65.3 Å². The van der Waals surface area contributed by atoms with Crippen LogP contribution in [-0.2, 0) is 0 Å². The molecule has 3 aromatic heterocycles. The highest BCUT2D eigenvalue weighted by atomic mass is 19.1. The SMILES string of the molecule is O=C(Nc1ccccn1)c1cccn2c(-c3ccccc3F)nnc12. The van der Waals surface area contributed by atoms with Crippen molar-refractivity contribution in [1.82, 2.24) is 19.6 Å². The molecule has 7 heteroatoms. The summed E-state index contributed by atoms with van der Waals surface area (Å²) in [6.07, 6.45) is 3.28. The van der Waals surface area contributed by atoms with Gasteiger partial charge in [0.25, 0.3) is 5.91 Å². The lowest BCUT2D eigenvalue weighted by Crippen LogP contribution is -2.14. The quantitative estimate of drug-likeness (QED) is 0.625. The van der Waals surface area contributed by atoms with Crippen LogP contribution in [0.25, 0.3) is 17.0 Å². The fourth-order valence-electron chi connectivity index (χ4n) is 2.54. The molecule has 25 heavy (non-hydrogen) atoms. The number of carbonyl (C=O) groups excluding carboxylic acids is 1. The number of fused-ring (bicyclic) bond motifs is 1. The fraction of sp³-hybridized carbons (Fsp3) is 0. The second-order valence-electron chi connectivity index (χ2n) is 5.29.